The van der Waals surface area contributed by atoms with Gasteiger partial charge in [0.15, 0.2) is 15.5 Å². The van der Waals surface area contributed by atoms with Crippen molar-refractivity contribution in [2.75, 3.05) is 23.7 Å². The van der Waals surface area contributed by atoms with Crippen LogP contribution in [0.1, 0.15) is 19.8 Å². The van der Waals surface area contributed by atoms with Gasteiger partial charge in [-0.15, -0.1) is 11.3 Å². The number of para-hydroxylation sites is 1. The SMILES string of the molecule is C[C@H](CSc1nc2ccccc2s1)Cn1c(N2CCCC2)nc2c1c(=O)[nH]c(=O)n2C. The van der Waals surface area contributed by atoms with Crippen LogP contribution in [-0.4, -0.2) is 42.9 Å². The average Bonchev–Trinajstić information content (AvgIpc) is 3.48. The molecule has 1 N–H and O–H groups in total. The van der Waals surface area contributed by atoms with Gasteiger partial charge in [0, 0.05) is 32.4 Å². The van der Waals surface area contributed by atoms with Gasteiger partial charge in [0.05, 0.1) is 10.2 Å². The van der Waals surface area contributed by atoms with Gasteiger partial charge in [-0.05, 0) is 30.9 Å². The fourth-order valence-corrected chi connectivity index (χ4v) is 6.15. The van der Waals surface area contributed by atoms with E-state index in [4.69, 9.17) is 9.97 Å². The van der Waals surface area contributed by atoms with Crippen molar-refractivity contribution in [1.82, 2.24) is 24.1 Å². The van der Waals surface area contributed by atoms with Gasteiger partial charge in [0.1, 0.15) is 0 Å². The summed E-state index contributed by atoms with van der Waals surface area (Å²) in [5.74, 6) is 1.95. The molecule has 0 aliphatic carbocycles. The van der Waals surface area contributed by atoms with Gasteiger partial charge in [-0.1, -0.05) is 30.8 Å². The zero-order valence-electron chi connectivity index (χ0n) is 17.5. The summed E-state index contributed by atoms with van der Waals surface area (Å²) in [5.41, 5.74) is 1.14. The average molecular weight is 457 g/mol. The molecule has 3 aromatic heterocycles. The fourth-order valence-electron chi connectivity index (χ4n) is 4.05. The first-order valence-electron chi connectivity index (χ1n) is 10.4. The summed E-state index contributed by atoms with van der Waals surface area (Å²) >= 11 is 3.46. The number of hydrogen-bond acceptors (Lipinski definition) is 7. The molecule has 0 saturated carbocycles. The van der Waals surface area contributed by atoms with Crippen LogP contribution in [0.4, 0.5) is 5.95 Å². The monoisotopic (exact) mass is 456 g/mol. The number of anilines is 1. The topological polar surface area (TPSA) is 88.8 Å². The molecule has 1 saturated heterocycles. The van der Waals surface area contributed by atoms with Crippen LogP contribution in [0.3, 0.4) is 0 Å². The van der Waals surface area contributed by atoms with Crippen LogP contribution < -0.4 is 16.1 Å². The third kappa shape index (κ3) is 3.78. The van der Waals surface area contributed by atoms with Crippen molar-refractivity contribution < 1.29 is 0 Å². The summed E-state index contributed by atoms with van der Waals surface area (Å²) in [4.78, 5) is 38.9. The van der Waals surface area contributed by atoms with Gasteiger partial charge in [0.25, 0.3) is 5.56 Å². The first-order chi connectivity index (χ1) is 15.0. The number of hydrogen-bond donors (Lipinski definition) is 1. The van der Waals surface area contributed by atoms with Gasteiger partial charge in [-0.25, -0.2) is 9.78 Å². The quantitative estimate of drug-likeness (QED) is 0.449. The number of thioether (sulfide) groups is 1. The van der Waals surface area contributed by atoms with Crippen molar-refractivity contribution in [3.63, 3.8) is 0 Å². The molecule has 8 nitrogen and oxygen atoms in total. The van der Waals surface area contributed by atoms with E-state index < -0.39 is 5.69 Å². The van der Waals surface area contributed by atoms with Gasteiger partial charge in [0.2, 0.25) is 5.95 Å². The van der Waals surface area contributed by atoms with E-state index in [0.717, 1.165) is 47.5 Å². The van der Waals surface area contributed by atoms with Gasteiger partial charge in [-0.2, -0.15) is 4.98 Å². The number of benzene rings is 1. The summed E-state index contributed by atoms with van der Waals surface area (Å²) < 4.78 is 5.68. The van der Waals surface area contributed by atoms with Crippen molar-refractivity contribution in [1.29, 1.82) is 0 Å². The molecule has 1 atom stereocenters. The molecular formula is C21H24N6O2S2. The molecule has 1 fully saturated rings. The van der Waals surface area contributed by atoms with Crippen LogP contribution in [0, 0.1) is 5.92 Å². The number of H-pyrrole nitrogens is 1. The summed E-state index contributed by atoms with van der Waals surface area (Å²) in [6.45, 7) is 4.67. The number of nitrogens with zero attached hydrogens (tertiary/aromatic N) is 5. The number of aromatic amines is 1. The second kappa shape index (κ2) is 8.16. The molecule has 4 aromatic rings. The molecule has 1 aromatic carbocycles. The van der Waals surface area contributed by atoms with E-state index in [1.54, 1.807) is 30.1 Å². The minimum atomic E-state index is -0.436. The lowest BCUT2D eigenvalue weighted by atomic mass is 10.2. The number of thiazole rings is 1. The second-order valence-electron chi connectivity index (χ2n) is 8.07. The number of imidazole rings is 1. The minimum Gasteiger partial charge on any atom is -0.342 e. The van der Waals surface area contributed by atoms with Gasteiger partial charge >= 0.3 is 5.69 Å². The lowest BCUT2D eigenvalue weighted by Crippen LogP contribution is -2.30. The Morgan fingerprint density at radius 2 is 1.97 bits per heavy atom. The van der Waals surface area contributed by atoms with E-state index in [1.165, 1.54) is 9.27 Å². The molecular weight excluding hydrogens is 432 g/mol. The van der Waals surface area contributed by atoms with E-state index in [9.17, 15) is 9.59 Å². The zero-order chi connectivity index (χ0) is 21.5. The highest BCUT2D eigenvalue weighted by molar-refractivity contribution is 8.01. The molecule has 1 aliphatic rings. The number of aryl methyl sites for hydroxylation is 1. The van der Waals surface area contributed by atoms with E-state index in [0.29, 0.717) is 17.7 Å². The zero-order valence-corrected chi connectivity index (χ0v) is 19.1. The summed E-state index contributed by atoms with van der Waals surface area (Å²) in [6, 6.07) is 8.17. The molecule has 0 amide bonds. The molecule has 31 heavy (non-hydrogen) atoms. The van der Waals surface area contributed by atoms with Crippen molar-refractivity contribution in [2.24, 2.45) is 13.0 Å². The maximum atomic E-state index is 12.7. The molecule has 0 bridgehead atoms. The number of nitrogens with one attached hydrogen (secondary N) is 1. The Hall–Kier alpha value is -2.59. The highest BCUT2D eigenvalue weighted by atomic mass is 32.2. The van der Waals surface area contributed by atoms with E-state index in [-0.39, 0.29) is 11.5 Å². The minimum absolute atomic E-state index is 0.285. The number of fused-ring (bicyclic) bond motifs is 2. The predicted molar refractivity (Wildman–Crippen MR) is 127 cm³/mol. The molecule has 0 radical (unpaired) electrons. The van der Waals surface area contributed by atoms with Gasteiger partial charge < -0.3 is 9.47 Å². The first-order valence-corrected chi connectivity index (χ1v) is 12.2. The number of aromatic nitrogens is 5. The second-order valence-corrected chi connectivity index (χ2v) is 10.4. The highest BCUT2D eigenvalue weighted by Crippen LogP contribution is 2.31. The Morgan fingerprint density at radius 1 is 1.19 bits per heavy atom. The van der Waals surface area contributed by atoms with E-state index in [1.807, 2.05) is 22.8 Å². The molecule has 1 aliphatic heterocycles. The normalized spacial score (nSPS) is 15.4. The van der Waals surface area contributed by atoms with Crippen molar-refractivity contribution in [3.05, 3.63) is 45.1 Å². The van der Waals surface area contributed by atoms with Crippen LogP contribution in [0.15, 0.2) is 38.2 Å². The third-order valence-corrected chi connectivity index (χ3v) is 8.14. The van der Waals surface area contributed by atoms with Crippen LogP contribution >= 0.6 is 23.1 Å². The lowest BCUT2D eigenvalue weighted by molar-refractivity contribution is 0.537. The largest absolute Gasteiger partial charge is 0.342 e. The Bertz CT molecular complexity index is 1330. The fraction of sp³-hybridized carbons (Fsp3) is 0.429. The predicted octanol–water partition coefficient (Wildman–Crippen LogP) is 3.06. The molecule has 5 rings (SSSR count). The van der Waals surface area contributed by atoms with Crippen LogP contribution in [0.2, 0.25) is 0 Å². The standard InChI is InChI=1S/C21H24N6O2S2/c1-13(12-30-21-22-14-7-3-4-8-15(14)31-21)11-27-16-17(25(2)20(29)24-18(16)28)23-19(27)26-9-5-6-10-26/h3-4,7-8,13H,5-6,9-12H2,1-2H3,(H,24,28,29)/t13-/m0/s1. The Morgan fingerprint density at radius 3 is 2.74 bits per heavy atom. The Kier molecular flexibility index (Phi) is 5.35. The first kappa shape index (κ1) is 20.3. The van der Waals surface area contributed by atoms with Gasteiger partial charge in [-0.3, -0.25) is 14.3 Å². The van der Waals surface area contributed by atoms with E-state index >= 15 is 0 Å². The van der Waals surface area contributed by atoms with E-state index in [2.05, 4.69) is 22.9 Å². The molecule has 0 unspecified atom stereocenters. The lowest BCUT2D eigenvalue weighted by Gasteiger charge is -2.20. The van der Waals surface area contributed by atoms with Crippen LogP contribution in [-0.2, 0) is 13.6 Å². The van der Waals surface area contributed by atoms with Crippen LogP contribution in [0.5, 0.6) is 0 Å². The maximum absolute atomic E-state index is 12.7. The summed E-state index contributed by atoms with van der Waals surface area (Å²) in [5, 5.41) is 0. The molecule has 10 heteroatoms. The smallest absolute Gasteiger partial charge is 0.329 e. The summed E-state index contributed by atoms with van der Waals surface area (Å²) in [7, 11) is 1.65. The summed E-state index contributed by atoms with van der Waals surface area (Å²) in [6.07, 6.45) is 2.23. The Balaban J connectivity index is 1.44. The Labute approximate surface area is 186 Å². The van der Waals surface area contributed by atoms with Crippen molar-refractivity contribution >= 4 is 50.4 Å². The van der Waals surface area contributed by atoms with Crippen LogP contribution in [0.25, 0.3) is 21.4 Å². The van der Waals surface area contributed by atoms with Crippen molar-refractivity contribution in [2.45, 2.75) is 30.6 Å². The molecule has 0 spiro atoms. The highest BCUT2D eigenvalue weighted by Gasteiger charge is 2.24. The molecule has 162 valence electrons. The number of rotatable bonds is 6. The molecule has 4 heterocycles. The maximum Gasteiger partial charge on any atom is 0.329 e. The third-order valence-electron chi connectivity index (χ3n) is 5.64. The van der Waals surface area contributed by atoms with Crippen molar-refractivity contribution in [3.8, 4) is 0 Å².